The van der Waals surface area contributed by atoms with Crippen molar-refractivity contribution >= 4 is 5.97 Å². The molecule has 1 fully saturated rings. The number of rotatable bonds is 6. The number of aliphatic carboxylic acids is 1. The average Bonchev–Trinajstić information content (AvgIpc) is 3.12. The van der Waals surface area contributed by atoms with Crippen molar-refractivity contribution in [2.75, 3.05) is 6.61 Å². The molecule has 0 heterocycles. The summed E-state index contributed by atoms with van der Waals surface area (Å²) in [5.41, 5.74) is 0.869. The summed E-state index contributed by atoms with van der Waals surface area (Å²) in [5.74, 6) is -1.36. The topological polar surface area (TPSA) is 58.6 Å². The van der Waals surface area contributed by atoms with Crippen molar-refractivity contribution in [1.29, 1.82) is 0 Å². The monoisotopic (exact) mass is 253 g/mol. The first-order valence-corrected chi connectivity index (χ1v) is 5.94. The first-order valence-electron chi connectivity index (χ1n) is 5.94. The van der Waals surface area contributed by atoms with Crippen LogP contribution >= 0.6 is 0 Å². The van der Waals surface area contributed by atoms with Crippen molar-refractivity contribution < 1.29 is 19.0 Å². The zero-order valence-electron chi connectivity index (χ0n) is 10.1. The van der Waals surface area contributed by atoms with Crippen LogP contribution in [0.5, 0.6) is 5.75 Å². The molecule has 0 spiro atoms. The first-order chi connectivity index (χ1) is 8.56. The van der Waals surface area contributed by atoms with Gasteiger partial charge in [0, 0.05) is 6.04 Å². The lowest BCUT2D eigenvalue weighted by atomic mass is 10.2. The Hall–Kier alpha value is -1.62. The third-order valence-electron chi connectivity index (χ3n) is 2.80. The van der Waals surface area contributed by atoms with Gasteiger partial charge in [-0.1, -0.05) is 6.07 Å². The Balaban J connectivity index is 1.95. The number of halogens is 1. The summed E-state index contributed by atoms with van der Waals surface area (Å²) in [7, 11) is 0. The predicted octanol–water partition coefficient (Wildman–Crippen LogP) is 1.72. The summed E-state index contributed by atoms with van der Waals surface area (Å²) < 4.78 is 18.7. The van der Waals surface area contributed by atoms with Crippen LogP contribution in [0, 0.1) is 12.7 Å². The van der Waals surface area contributed by atoms with E-state index in [0.29, 0.717) is 0 Å². The lowest BCUT2D eigenvalue weighted by molar-refractivity contribution is -0.140. The van der Waals surface area contributed by atoms with E-state index in [1.54, 1.807) is 12.1 Å². The van der Waals surface area contributed by atoms with Gasteiger partial charge in [0.05, 0.1) is 0 Å². The molecule has 1 atom stereocenters. The van der Waals surface area contributed by atoms with Crippen molar-refractivity contribution in [1.82, 2.24) is 5.32 Å². The second-order valence-electron chi connectivity index (χ2n) is 4.58. The van der Waals surface area contributed by atoms with Crippen molar-refractivity contribution in [2.45, 2.75) is 31.8 Å². The molecule has 1 saturated carbocycles. The second-order valence-corrected chi connectivity index (χ2v) is 4.58. The molecule has 0 saturated heterocycles. The average molecular weight is 253 g/mol. The predicted molar refractivity (Wildman–Crippen MR) is 64.2 cm³/mol. The van der Waals surface area contributed by atoms with Gasteiger partial charge in [-0.2, -0.15) is 0 Å². The maximum Gasteiger partial charge on any atom is 0.324 e. The minimum Gasteiger partial charge on any atom is -0.488 e. The second kappa shape index (κ2) is 5.35. The molecule has 0 bridgehead atoms. The number of carboxylic acids is 1. The summed E-state index contributed by atoms with van der Waals surface area (Å²) in [6.07, 6.45) is 1.98. The Kier molecular flexibility index (Phi) is 3.81. The summed E-state index contributed by atoms with van der Waals surface area (Å²) in [6.45, 7) is 1.75. The highest BCUT2D eigenvalue weighted by Gasteiger charge is 2.28. The number of ether oxygens (including phenoxy) is 1. The van der Waals surface area contributed by atoms with Crippen LogP contribution in [0.2, 0.25) is 0 Å². The van der Waals surface area contributed by atoms with Gasteiger partial charge in [-0.15, -0.1) is 0 Å². The van der Waals surface area contributed by atoms with E-state index in [1.807, 2.05) is 6.92 Å². The molecule has 98 valence electrons. The Bertz CT molecular complexity index is 446. The largest absolute Gasteiger partial charge is 0.488 e. The van der Waals surface area contributed by atoms with Gasteiger partial charge in [0.2, 0.25) is 0 Å². The molecule has 2 rings (SSSR count). The maximum atomic E-state index is 13.4. The molecular weight excluding hydrogens is 237 g/mol. The van der Waals surface area contributed by atoms with Crippen LogP contribution in [0.1, 0.15) is 18.4 Å². The molecule has 1 aliphatic carbocycles. The van der Waals surface area contributed by atoms with E-state index in [1.165, 1.54) is 6.07 Å². The normalized spacial score (nSPS) is 16.3. The summed E-state index contributed by atoms with van der Waals surface area (Å²) in [6, 6.07) is 3.98. The third kappa shape index (κ3) is 3.43. The van der Waals surface area contributed by atoms with Crippen molar-refractivity contribution in [3.05, 3.63) is 29.6 Å². The highest BCUT2D eigenvalue weighted by atomic mass is 19.1. The lowest BCUT2D eigenvalue weighted by Gasteiger charge is -2.15. The molecule has 1 aromatic rings. The minimum atomic E-state index is -0.977. The molecule has 18 heavy (non-hydrogen) atoms. The van der Waals surface area contributed by atoms with Crippen LogP contribution in [0.25, 0.3) is 0 Å². The number of carboxylic acid groups (broad SMARTS) is 1. The number of hydrogen-bond acceptors (Lipinski definition) is 3. The Morgan fingerprint density at radius 2 is 2.33 bits per heavy atom. The van der Waals surface area contributed by atoms with E-state index in [0.717, 1.165) is 18.4 Å². The van der Waals surface area contributed by atoms with Crippen LogP contribution in [0.4, 0.5) is 4.39 Å². The van der Waals surface area contributed by atoms with Gasteiger partial charge in [0.1, 0.15) is 12.6 Å². The minimum absolute atomic E-state index is 0.0772. The van der Waals surface area contributed by atoms with E-state index >= 15 is 0 Å². The number of aryl methyl sites for hydroxylation is 1. The Morgan fingerprint density at radius 3 is 2.94 bits per heavy atom. The first kappa shape index (κ1) is 12.8. The molecule has 0 aliphatic heterocycles. The maximum absolute atomic E-state index is 13.4. The van der Waals surface area contributed by atoms with Crippen molar-refractivity contribution in [2.24, 2.45) is 0 Å². The molecule has 1 aromatic carbocycles. The van der Waals surface area contributed by atoms with Gasteiger partial charge in [0.25, 0.3) is 0 Å². The fourth-order valence-corrected chi connectivity index (χ4v) is 1.62. The number of carbonyl (C=O) groups is 1. The molecule has 0 amide bonds. The molecule has 1 aliphatic rings. The van der Waals surface area contributed by atoms with E-state index in [4.69, 9.17) is 9.84 Å². The van der Waals surface area contributed by atoms with E-state index in [2.05, 4.69) is 5.32 Å². The lowest BCUT2D eigenvalue weighted by Crippen LogP contribution is -2.42. The van der Waals surface area contributed by atoms with Crippen LogP contribution in [-0.4, -0.2) is 29.8 Å². The number of hydrogen-bond donors (Lipinski definition) is 2. The van der Waals surface area contributed by atoms with Crippen molar-refractivity contribution in [3.63, 3.8) is 0 Å². The third-order valence-corrected chi connectivity index (χ3v) is 2.80. The zero-order chi connectivity index (χ0) is 13.1. The number of benzene rings is 1. The van der Waals surface area contributed by atoms with E-state index in [-0.39, 0.29) is 18.4 Å². The fourth-order valence-electron chi connectivity index (χ4n) is 1.62. The van der Waals surface area contributed by atoms with Gasteiger partial charge < -0.3 is 9.84 Å². The van der Waals surface area contributed by atoms with Crippen LogP contribution in [0.3, 0.4) is 0 Å². The molecule has 1 unspecified atom stereocenters. The summed E-state index contributed by atoms with van der Waals surface area (Å²) in [5, 5.41) is 12.0. The van der Waals surface area contributed by atoms with Gasteiger partial charge >= 0.3 is 5.97 Å². The molecule has 0 radical (unpaired) electrons. The molecule has 0 aromatic heterocycles. The fraction of sp³-hybridized carbons (Fsp3) is 0.462. The molecule has 4 nitrogen and oxygen atoms in total. The Morgan fingerprint density at radius 1 is 1.61 bits per heavy atom. The van der Waals surface area contributed by atoms with Crippen LogP contribution in [-0.2, 0) is 4.79 Å². The highest BCUT2D eigenvalue weighted by Crippen LogP contribution is 2.21. The Labute approximate surface area is 105 Å². The van der Waals surface area contributed by atoms with Gasteiger partial charge in [-0.05, 0) is 37.5 Å². The molecule has 5 heteroatoms. The van der Waals surface area contributed by atoms with Crippen LogP contribution in [0.15, 0.2) is 18.2 Å². The van der Waals surface area contributed by atoms with E-state index in [9.17, 15) is 9.18 Å². The standard InChI is InChI=1S/C13H16FNO3/c1-8-2-5-10(14)12(6-8)18-7-11(13(16)17)15-9-3-4-9/h2,5-6,9,11,15H,3-4,7H2,1H3,(H,16,17). The quantitative estimate of drug-likeness (QED) is 0.810. The summed E-state index contributed by atoms with van der Waals surface area (Å²) >= 11 is 0. The van der Waals surface area contributed by atoms with Gasteiger partial charge in [0.15, 0.2) is 11.6 Å². The van der Waals surface area contributed by atoms with Gasteiger partial charge in [-0.3, -0.25) is 10.1 Å². The van der Waals surface area contributed by atoms with E-state index < -0.39 is 17.8 Å². The smallest absolute Gasteiger partial charge is 0.324 e. The summed E-state index contributed by atoms with van der Waals surface area (Å²) in [4.78, 5) is 11.0. The van der Waals surface area contributed by atoms with Crippen LogP contribution < -0.4 is 10.1 Å². The zero-order valence-corrected chi connectivity index (χ0v) is 10.1. The highest BCUT2D eigenvalue weighted by molar-refractivity contribution is 5.73. The molecular formula is C13H16FNO3. The number of nitrogens with one attached hydrogen (secondary N) is 1. The molecule has 2 N–H and O–H groups in total. The van der Waals surface area contributed by atoms with Crippen molar-refractivity contribution in [3.8, 4) is 5.75 Å². The SMILES string of the molecule is Cc1ccc(F)c(OCC(NC2CC2)C(=O)O)c1. The van der Waals surface area contributed by atoms with Gasteiger partial charge in [-0.25, -0.2) is 4.39 Å².